The van der Waals surface area contributed by atoms with Crippen molar-refractivity contribution < 1.29 is 4.79 Å². The number of hydrogen-bond acceptors (Lipinski definition) is 3. The molecule has 0 bridgehead atoms. The molecule has 0 spiro atoms. The quantitative estimate of drug-likeness (QED) is 0.892. The van der Waals surface area contributed by atoms with Gasteiger partial charge in [0.1, 0.15) is 5.69 Å². The third-order valence-corrected chi connectivity index (χ3v) is 5.25. The maximum absolute atomic E-state index is 12.6. The van der Waals surface area contributed by atoms with Crippen molar-refractivity contribution in [2.45, 2.75) is 38.1 Å². The first-order chi connectivity index (χ1) is 10.7. The van der Waals surface area contributed by atoms with E-state index in [-0.39, 0.29) is 17.6 Å². The standard InChI is InChI=1S/C17H19N3O2/c21-16(18-14-9-8-10-4-3-6-11(10)14)15-12-5-1-2-7-13(12)19-17(22)20-15/h1-2,5,7,10-11,14H,3-4,6,8-9H2,(H,18,21)(H,19,20,22)/t10-,11-,14-/m0/s1. The fourth-order valence-corrected chi connectivity index (χ4v) is 4.25. The molecule has 2 fully saturated rings. The minimum Gasteiger partial charge on any atom is -0.348 e. The van der Waals surface area contributed by atoms with E-state index in [2.05, 4.69) is 15.3 Å². The normalized spacial score (nSPS) is 27.0. The molecule has 5 heteroatoms. The molecular formula is C17H19N3O2. The SMILES string of the molecule is O=C(N[C@H]1CC[C@@H]2CCC[C@@H]21)c1nc(=O)[nH]c2ccccc12. The van der Waals surface area contributed by atoms with Crippen molar-refractivity contribution >= 4 is 16.8 Å². The number of carbonyl (C=O) groups excluding carboxylic acids is 1. The number of nitrogens with zero attached hydrogens (tertiary/aromatic N) is 1. The maximum Gasteiger partial charge on any atom is 0.346 e. The highest BCUT2D eigenvalue weighted by molar-refractivity contribution is 6.04. The van der Waals surface area contributed by atoms with E-state index in [1.165, 1.54) is 25.7 Å². The number of H-pyrrole nitrogens is 1. The van der Waals surface area contributed by atoms with Crippen LogP contribution < -0.4 is 11.0 Å². The molecule has 2 aliphatic rings. The second-order valence-electron chi connectivity index (χ2n) is 6.45. The number of rotatable bonds is 2. The summed E-state index contributed by atoms with van der Waals surface area (Å²) in [4.78, 5) is 30.9. The highest BCUT2D eigenvalue weighted by atomic mass is 16.2. The monoisotopic (exact) mass is 297 g/mol. The molecule has 1 aromatic heterocycles. The van der Waals surface area contributed by atoms with Crippen LogP contribution in [-0.2, 0) is 0 Å². The molecule has 3 atom stereocenters. The number of carbonyl (C=O) groups is 1. The Hall–Kier alpha value is -2.17. The zero-order valence-electron chi connectivity index (χ0n) is 12.3. The van der Waals surface area contributed by atoms with E-state index in [9.17, 15) is 9.59 Å². The number of hydrogen-bond donors (Lipinski definition) is 2. The lowest BCUT2D eigenvalue weighted by atomic mass is 9.97. The minimum absolute atomic E-state index is 0.222. The Morgan fingerprint density at radius 1 is 1.18 bits per heavy atom. The Labute approximate surface area is 128 Å². The first-order valence-electron chi connectivity index (χ1n) is 8.02. The Balaban J connectivity index is 1.64. The minimum atomic E-state index is -0.478. The molecule has 2 N–H and O–H groups in total. The Morgan fingerprint density at radius 3 is 2.95 bits per heavy atom. The van der Waals surface area contributed by atoms with Gasteiger partial charge in [-0.1, -0.05) is 31.0 Å². The fraction of sp³-hybridized carbons (Fsp3) is 0.471. The number of amides is 1. The number of para-hydroxylation sites is 1. The largest absolute Gasteiger partial charge is 0.348 e. The van der Waals surface area contributed by atoms with E-state index >= 15 is 0 Å². The van der Waals surface area contributed by atoms with Crippen molar-refractivity contribution in [3.05, 3.63) is 40.4 Å². The molecule has 2 aromatic rings. The average Bonchev–Trinajstić information content (AvgIpc) is 3.11. The molecule has 22 heavy (non-hydrogen) atoms. The summed E-state index contributed by atoms with van der Waals surface area (Å²) in [6, 6.07) is 7.53. The van der Waals surface area contributed by atoms with Crippen LogP contribution >= 0.6 is 0 Å². The number of fused-ring (bicyclic) bond motifs is 2. The lowest BCUT2D eigenvalue weighted by Gasteiger charge is -2.20. The Bertz CT molecular complexity index is 783. The van der Waals surface area contributed by atoms with Gasteiger partial charge in [0, 0.05) is 11.4 Å². The van der Waals surface area contributed by atoms with E-state index in [4.69, 9.17) is 0 Å². The molecule has 5 nitrogen and oxygen atoms in total. The first-order valence-corrected chi connectivity index (χ1v) is 8.02. The van der Waals surface area contributed by atoms with E-state index < -0.39 is 5.69 Å². The third kappa shape index (κ3) is 2.21. The van der Waals surface area contributed by atoms with Crippen LogP contribution in [-0.4, -0.2) is 21.9 Å². The number of nitrogens with one attached hydrogen (secondary N) is 2. The summed E-state index contributed by atoms with van der Waals surface area (Å²) in [5.41, 5.74) is 0.410. The Kier molecular flexibility index (Phi) is 3.21. The van der Waals surface area contributed by atoms with Crippen LogP contribution in [0.2, 0.25) is 0 Å². The molecule has 2 saturated carbocycles. The zero-order chi connectivity index (χ0) is 15.1. The molecule has 1 aromatic carbocycles. The van der Waals surface area contributed by atoms with Crippen molar-refractivity contribution in [1.82, 2.24) is 15.3 Å². The molecular weight excluding hydrogens is 278 g/mol. The number of aromatic amines is 1. The molecule has 2 aliphatic carbocycles. The van der Waals surface area contributed by atoms with Gasteiger partial charge in [0.15, 0.2) is 0 Å². The highest BCUT2D eigenvalue weighted by Crippen LogP contribution is 2.44. The van der Waals surface area contributed by atoms with Gasteiger partial charge in [-0.15, -0.1) is 0 Å². The van der Waals surface area contributed by atoms with Gasteiger partial charge in [-0.3, -0.25) is 4.79 Å². The van der Waals surface area contributed by atoms with Gasteiger partial charge in [-0.25, -0.2) is 4.79 Å². The van der Waals surface area contributed by atoms with Crippen LogP contribution in [0.25, 0.3) is 10.9 Å². The van der Waals surface area contributed by atoms with Gasteiger partial charge in [0.05, 0.1) is 5.52 Å². The maximum atomic E-state index is 12.6. The van der Waals surface area contributed by atoms with Crippen LogP contribution in [0.4, 0.5) is 0 Å². The fourth-order valence-electron chi connectivity index (χ4n) is 4.25. The summed E-state index contributed by atoms with van der Waals surface area (Å²) in [6.45, 7) is 0. The van der Waals surface area contributed by atoms with Gasteiger partial charge < -0.3 is 10.3 Å². The highest BCUT2D eigenvalue weighted by Gasteiger charge is 2.39. The second-order valence-corrected chi connectivity index (χ2v) is 6.45. The average molecular weight is 297 g/mol. The lowest BCUT2D eigenvalue weighted by molar-refractivity contribution is 0.0923. The van der Waals surface area contributed by atoms with E-state index in [0.29, 0.717) is 16.8 Å². The summed E-state index contributed by atoms with van der Waals surface area (Å²) in [7, 11) is 0. The molecule has 114 valence electrons. The molecule has 0 radical (unpaired) electrons. The van der Waals surface area contributed by atoms with Gasteiger partial charge in [-0.2, -0.15) is 4.98 Å². The molecule has 4 rings (SSSR count). The zero-order valence-corrected chi connectivity index (χ0v) is 12.3. The van der Waals surface area contributed by atoms with E-state index in [0.717, 1.165) is 12.3 Å². The number of aromatic nitrogens is 2. The lowest BCUT2D eigenvalue weighted by Crippen LogP contribution is -2.38. The topological polar surface area (TPSA) is 74.8 Å². The van der Waals surface area contributed by atoms with Crippen molar-refractivity contribution in [2.24, 2.45) is 11.8 Å². The third-order valence-electron chi connectivity index (χ3n) is 5.25. The van der Waals surface area contributed by atoms with E-state index in [1.807, 2.05) is 18.2 Å². The second kappa shape index (κ2) is 5.23. The van der Waals surface area contributed by atoms with Crippen molar-refractivity contribution in [2.75, 3.05) is 0 Å². The van der Waals surface area contributed by atoms with Gasteiger partial charge >= 0.3 is 5.69 Å². The van der Waals surface area contributed by atoms with Crippen molar-refractivity contribution in [1.29, 1.82) is 0 Å². The van der Waals surface area contributed by atoms with Crippen molar-refractivity contribution in [3.8, 4) is 0 Å². The van der Waals surface area contributed by atoms with Gasteiger partial charge in [-0.05, 0) is 37.2 Å². The van der Waals surface area contributed by atoms with Crippen LogP contribution in [0.5, 0.6) is 0 Å². The van der Waals surface area contributed by atoms with Crippen LogP contribution in [0.3, 0.4) is 0 Å². The summed E-state index contributed by atoms with van der Waals surface area (Å²) in [5, 5.41) is 3.83. The van der Waals surface area contributed by atoms with Crippen LogP contribution in [0, 0.1) is 11.8 Å². The smallest absolute Gasteiger partial charge is 0.346 e. The van der Waals surface area contributed by atoms with Gasteiger partial charge in [0.25, 0.3) is 5.91 Å². The molecule has 0 aliphatic heterocycles. The predicted octanol–water partition coefficient (Wildman–Crippen LogP) is 2.23. The van der Waals surface area contributed by atoms with Gasteiger partial charge in [0.2, 0.25) is 0 Å². The van der Waals surface area contributed by atoms with Crippen LogP contribution in [0.15, 0.2) is 29.1 Å². The van der Waals surface area contributed by atoms with E-state index in [1.54, 1.807) is 6.07 Å². The molecule has 1 amide bonds. The molecule has 0 unspecified atom stereocenters. The van der Waals surface area contributed by atoms with Crippen LogP contribution in [0.1, 0.15) is 42.6 Å². The molecule has 0 saturated heterocycles. The van der Waals surface area contributed by atoms with Crippen molar-refractivity contribution in [3.63, 3.8) is 0 Å². The summed E-state index contributed by atoms with van der Waals surface area (Å²) >= 11 is 0. The molecule has 1 heterocycles. The first kappa shape index (κ1) is 13.5. The summed E-state index contributed by atoms with van der Waals surface area (Å²) in [5.74, 6) is 1.16. The Morgan fingerprint density at radius 2 is 2.05 bits per heavy atom. The number of benzene rings is 1. The predicted molar refractivity (Wildman–Crippen MR) is 83.7 cm³/mol. The summed E-state index contributed by atoms with van der Waals surface area (Å²) in [6.07, 6.45) is 6.03. The summed E-state index contributed by atoms with van der Waals surface area (Å²) < 4.78 is 0.